The van der Waals surface area contributed by atoms with E-state index in [0.717, 1.165) is 42.6 Å². The van der Waals surface area contributed by atoms with Crippen LogP contribution in [0.3, 0.4) is 0 Å². The largest absolute Gasteiger partial charge is 0.360 e. The zero-order chi connectivity index (χ0) is 17.8. The quantitative estimate of drug-likeness (QED) is 0.760. The molecule has 1 heterocycles. The van der Waals surface area contributed by atoms with Crippen LogP contribution in [0.1, 0.15) is 0 Å². The van der Waals surface area contributed by atoms with Crippen molar-refractivity contribution in [2.45, 2.75) is 0 Å². The molecule has 0 saturated carbocycles. The Kier molecular flexibility index (Phi) is 4.84. The van der Waals surface area contributed by atoms with Crippen LogP contribution in [0, 0.1) is 0 Å². The van der Waals surface area contributed by atoms with Crippen LogP contribution >= 0.6 is 0 Å². The fourth-order valence-electron chi connectivity index (χ4n) is 3.65. The van der Waals surface area contributed by atoms with Gasteiger partial charge in [-0.05, 0) is 23.6 Å². The highest BCUT2D eigenvalue weighted by atomic mass is 16.2. The highest BCUT2D eigenvalue weighted by Crippen LogP contribution is 2.22. The van der Waals surface area contributed by atoms with E-state index in [2.05, 4.69) is 52.7 Å². The maximum absolute atomic E-state index is 12.5. The molecular formula is C22H24N3O+. The Morgan fingerprint density at radius 1 is 0.885 bits per heavy atom. The van der Waals surface area contributed by atoms with Crippen molar-refractivity contribution >= 4 is 28.1 Å². The lowest BCUT2D eigenvalue weighted by Gasteiger charge is -2.33. The predicted molar refractivity (Wildman–Crippen MR) is 107 cm³/mol. The fourth-order valence-corrected chi connectivity index (χ4v) is 3.65. The summed E-state index contributed by atoms with van der Waals surface area (Å²) in [7, 11) is 0. The molecule has 4 rings (SSSR count). The molecule has 0 radical (unpaired) electrons. The van der Waals surface area contributed by atoms with E-state index in [1.807, 2.05) is 30.3 Å². The zero-order valence-corrected chi connectivity index (χ0v) is 14.8. The van der Waals surface area contributed by atoms with E-state index >= 15 is 0 Å². The van der Waals surface area contributed by atoms with Crippen molar-refractivity contribution in [2.75, 3.05) is 42.9 Å². The summed E-state index contributed by atoms with van der Waals surface area (Å²) < 4.78 is 0. The monoisotopic (exact) mass is 346 g/mol. The SMILES string of the molecule is O=C(C[NH+]1CCN(c2ccccc2)CC1)Nc1cccc2ccccc12. The van der Waals surface area contributed by atoms with E-state index in [9.17, 15) is 4.79 Å². The Balaban J connectivity index is 1.34. The van der Waals surface area contributed by atoms with E-state index in [1.165, 1.54) is 10.6 Å². The Labute approximate surface area is 154 Å². The number of para-hydroxylation sites is 1. The molecule has 1 saturated heterocycles. The molecule has 0 atom stereocenters. The Morgan fingerprint density at radius 3 is 2.38 bits per heavy atom. The fraction of sp³-hybridized carbons (Fsp3) is 0.227. The van der Waals surface area contributed by atoms with Crippen molar-refractivity contribution in [2.24, 2.45) is 0 Å². The number of amides is 1. The number of piperazine rings is 1. The van der Waals surface area contributed by atoms with Crippen LogP contribution in [0.15, 0.2) is 72.8 Å². The molecule has 0 aromatic heterocycles. The van der Waals surface area contributed by atoms with Crippen LogP contribution in [-0.2, 0) is 4.79 Å². The van der Waals surface area contributed by atoms with Gasteiger partial charge in [0, 0.05) is 16.8 Å². The van der Waals surface area contributed by atoms with Crippen LogP contribution in [0.25, 0.3) is 10.8 Å². The molecular weight excluding hydrogens is 322 g/mol. The molecule has 0 unspecified atom stereocenters. The van der Waals surface area contributed by atoms with Crippen LogP contribution in [0.4, 0.5) is 11.4 Å². The molecule has 4 nitrogen and oxygen atoms in total. The molecule has 0 bridgehead atoms. The minimum atomic E-state index is 0.0875. The summed E-state index contributed by atoms with van der Waals surface area (Å²) in [6.07, 6.45) is 0. The second-order valence-electron chi connectivity index (χ2n) is 6.82. The first-order valence-electron chi connectivity index (χ1n) is 9.21. The third kappa shape index (κ3) is 3.70. The van der Waals surface area contributed by atoms with E-state index in [0.29, 0.717) is 6.54 Å². The predicted octanol–water partition coefficient (Wildman–Crippen LogP) is 2.18. The van der Waals surface area contributed by atoms with Crippen molar-refractivity contribution in [1.82, 2.24) is 0 Å². The van der Waals surface area contributed by atoms with Gasteiger partial charge in [0.25, 0.3) is 5.91 Å². The highest BCUT2D eigenvalue weighted by Gasteiger charge is 2.22. The number of carbonyl (C=O) groups is 1. The van der Waals surface area contributed by atoms with E-state index in [-0.39, 0.29) is 5.91 Å². The summed E-state index contributed by atoms with van der Waals surface area (Å²) in [5, 5.41) is 5.34. The third-order valence-corrected chi connectivity index (χ3v) is 5.07. The van der Waals surface area contributed by atoms with Gasteiger partial charge in [-0.1, -0.05) is 54.6 Å². The van der Waals surface area contributed by atoms with Gasteiger partial charge >= 0.3 is 0 Å². The molecule has 1 amide bonds. The smallest absolute Gasteiger partial charge is 0.279 e. The second-order valence-corrected chi connectivity index (χ2v) is 6.82. The molecule has 2 N–H and O–H groups in total. The lowest BCUT2D eigenvalue weighted by molar-refractivity contribution is -0.892. The van der Waals surface area contributed by atoms with Crippen LogP contribution in [0.2, 0.25) is 0 Å². The molecule has 1 aliphatic heterocycles. The van der Waals surface area contributed by atoms with Gasteiger partial charge in [-0.3, -0.25) is 4.79 Å². The van der Waals surface area contributed by atoms with Crippen molar-refractivity contribution < 1.29 is 9.69 Å². The first-order valence-corrected chi connectivity index (χ1v) is 9.21. The molecule has 0 aliphatic carbocycles. The molecule has 26 heavy (non-hydrogen) atoms. The summed E-state index contributed by atoms with van der Waals surface area (Å²) >= 11 is 0. The zero-order valence-electron chi connectivity index (χ0n) is 14.8. The van der Waals surface area contributed by atoms with Gasteiger partial charge in [-0.25, -0.2) is 0 Å². The lowest BCUT2D eigenvalue weighted by atomic mass is 10.1. The molecule has 132 valence electrons. The number of benzene rings is 3. The van der Waals surface area contributed by atoms with Crippen molar-refractivity contribution in [1.29, 1.82) is 0 Å². The molecule has 0 spiro atoms. The second kappa shape index (κ2) is 7.58. The Morgan fingerprint density at radius 2 is 1.58 bits per heavy atom. The average molecular weight is 346 g/mol. The standard InChI is InChI=1S/C22H23N3O/c26-22(23-21-12-6-8-18-7-4-5-11-20(18)21)17-24-13-15-25(16-14-24)19-9-2-1-3-10-19/h1-12H,13-17H2,(H,23,26)/p+1. The van der Waals surface area contributed by atoms with Gasteiger partial charge in [-0.15, -0.1) is 0 Å². The molecule has 1 fully saturated rings. The number of carbonyl (C=O) groups excluding carboxylic acids is 1. The topological polar surface area (TPSA) is 36.8 Å². The number of fused-ring (bicyclic) bond motifs is 1. The minimum absolute atomic E-state index is 0.0875. The number of hydrogen-bond acceptors (Lipinski definition) is 2. The van der Waals surface area contributed by atoms with Gasteiger partial charge in [0.2, 0.25) is 0 Å². The van der Waals surface area contributed by atoms with Crippen LogP contribution < -0.4 is 15.1 Å². The minimum Gasteiger partial charge on any atom is -0.360 e. The van der Waals surface area contributed by atoms with Gasteiger partial charge in [0.15, 0.2) is 6.54 Å². The highest BCUT2D eigenvalue weighted by molar-refractivity contribution is 6.02. The van der Waals surface area contributed by atoms with Crippen molar-refractivity contribution in [3.05, 3.63) is 72.8 Å². The van der Waals surface area contributed by atoms with Crippen molar-refractivity contribution in [3.63, 3.8) is 0 Å². The summed E-state index contributed by atoms with van der Waals surface area (Å²) in [6, 6.07) is 24.7. The first kappa shape index (κ1) is 16.6. The molecule has 1 aliphatic rings. The number of rotatable bonds is 4. The number of nitrogens with one attached hydrogen (secondary N) is 2. The van der Waals surface area contributed by atoms with E-state index < -0.39 is 0 Å². The summed E-state index contributed by atoms with van der Waals surface area (Å²) in [6.45, 7) is 4.46. The van der Waals surface area contributed by atoms with Crippen molar-refractivity contribution in [3.8, 4) is 0 Å². The maximum Gasteiger partial charge on any atom is 0.279 e. The number of anilines is 2. The molecule has 3 aromatic rings. The Bertz CT molecular complexity index is 881. The Hall–Kier alpha value is -2.85. The van der Waals surface area contributed by atoms with E-state index in [1.54, 1.807) is 0 Å². The van der Waals surface area contributed by atoms with Gasteiger partial charge in [0.1, 0.15) is 0 Å². The summed E-state index contributed by atoms with van der Waals surface area (Å²) in [4.78, 5) is 16.3. The molecule has 4 heteroatoms. The molecule has 3 aromatic carbocycles. The number of quaternary nitrogens is 1. The summed E-state index contributed by atoms with van der Waals surface area (Å²) in [5.41, 5.74) is 2.17. The van der Waals surface area contributed by atoms with E-state index in [4.69, 9.17) is 0 Å². The number of hydrogen-bond donors (Lipinski definition) is 2. The van der Waals surface area contributed by atoms with Gasteiger partial charge in [0.05, 0.1) is 26.2 Å². The summed E-state index contributed by atoms with van der Waals surface area (Å²) in [5.74, 6) is 0.0875. The lowest BCUT2D eigenvalue weighted by Crippen LogP contribution is -3.15. The first-order chi connectivity index (χ1) is 12.8. The normalized spacial score (nSPS) is 15.2. The van der Waals surface area contributed by atoms with Crippen LogP contribution in [0.5, 0.6) is 0 Å². The number of nitrogens with zero attached hydrogens (tertiary/aromatic N) is 1. The third-order valence-electron chi connectivity index (χ3n) is 5.07. The average Bonchev–Trinajstić information content (AvgIpc) is 2.69. The van der Waals surface area contributed by atoms with Crippen LogP contribution in [-0.4, -0.2) is 38.6 Å². The van der Waals surface area contributed by atoms with Gasteiger partial charge < -0.3 is 15.1 Å². The van der Waals surface area contributed by atoms with Gasteiger partial charge in [-0.2, -0.15) is 0 Å². The maximum atomic E-state index is 12.5.